The molecule has 21 heavy (non-hydrogen) atoms. The standard InChI is InChI=1S/C13H13F3N2O3/c1-8-7-12(20,13(14,15)16)18(17-8)11(19)9-5-3-4-6-10(9)21-2/h3-6,20H,7H2,1-2H3/t12-/m1/s1. The van der Waals surface area contributed by atoms with Gasteiger partial charge in [0.2, 0.25) is 0 Å². The highest BCUT2D eigenvalue weighted by Crippen LogP contribution is 2.41. The molecule has 0 spiro atoms. The molecule has 8 heteroatoms. The highest BCUT2D eigenvalue weighted by molar-refractivity contribution is 5.99. The first-order valence-electron chi connectivity index (χ1n) is 6.01. The van der Waals surface area contributed by atoms with Crippen molar-refractivity contribution in [1.29, 1.82) is 0 Å². The van der Waals surface area contributed by atoms with E-state index < -0.39 is 24.2 Å². The molecule has 5 nitrogen and oxygen atoms in total. The molecule has 1 aliphatic heterocycles. The molecule has 0 fully saturated rings. The Morgan fingerprint density at radius 1 is 1.43 bits per heavy atom. The fraction of sp³-hybridized carbons (Fsp3) is 0.385. The van der Waals surface area contributed by atoms with Crippen LogP contribution in [0, 0.1) is 0 Å². The van der Waals surface area contributed by atoms with E-state index in [1.54, 1.807) is 6.07 Å². The zero-order valence-electron chi connectivity index (χ0n) is 11.3. The Balaban J connectivity index is 2.46. The summed E-state index contributed by atoms with van der Waals surface area (Å²) in [6.45, 7) is 1.31. The topological polar surface area (TPSA) is 62.1 Å². The van der Waals surface area contributed by atoms with E-state index in [9.17, 15) is 23.1 Å². The van der Waals surface area contributed by atoms with Gasteiger partial charge in [0, 0.05) is 12.1 Å². The Bertz CT molecular complexity index is 601. The summed E-state index contributed by atoms with van der Waals surface area (Å²) >= 11 is 0. The number of benzene rings is 1. The van der Waals surface area contributed by atoms with E-state index in [0.29, 0.717) is 0 Å². The molecule has 0 saturated carbocycles. The molecule has 1 aliphatic rings. The number of carbonyl (C=O) groups excluding carboxylic acids is 1. The molecular weight excluding hydrogens is 289 g/mol. The summed E-state index contributed by atoms with van der Waals surface area (Å²) in [7, 11) is 1.29. The summed E-state index contributed by atoms with van der Waals surface area (Å²) in [6, 6.07) is 5.80. The largest absolute Gasteiger partial charge is 0.496 e. The number of methoxy groups -OCH3 is 1. The van der Waals surface area contributed by atoms with Gasteiger partial charge in [-0.25, -0.2) is 0 Å². The fourth-order valence-corrected chi connectivity index (χ4v) is 2.09. The van der Waals surface area contributed by atoms with Crippen molar-refractivity contribution in [2.24, 2.45) is 5.10 Å². The lowest BCUT2D eigenvalue weighted by molar-refractivity contribution is -0.297. The van der Waals surface area contributed by atoms with E-state index in [2.05, 4.69) is 5.10 Å². The van der Waals surface area contributed by atoms with Crippen LogP contribution in [0.15, 0.2) is 29.4 Å². The Morgan fingerprint density at radius 3 is 2.62 bits per heavy atom. The molecular formula is C13H13F3N2O3. The molecule has 0 bridgehead atoms. The normalized spacial score (nSPS) is 22.2. The highest BCUT2D eigenvalue weighted by Gasteiger charge is 2.62. The number of aliphatic hydroxyl groups is 1. The first-order valence-corrected chi connectivity index (χ1v) is 6.01. The van der Waals surface area contributed by atoms with E-state index in [-0.39, 0.29) is 22.0 Å². The molecule has 114 valence electrons. The number of amides is 1. The molecule has 0 saturated heterocycles. The van der Waals surface area contributed by atoms with Gasteiger partial charge in [-0.2, -0.15) is 23.3 Å². The average Bonchev–Trinajstić information content (AvgIpc) is 2.74. The highest BCUT2D eigenvalue weighted by atomic mass is 19.4. The maximum atomic E-state index is 13.1. The minimum atomic E-state index is -5.02. The van der Waals surface area contributed by atoms with Crippen LogP contribution in [0.4, 0.5) is 13.2 Å². The van der Waals surface area contributed by atoms with Gasteiger partial charge in [-0.15, -0.1) is 0 Å². The van der Waals surface area contributed by atoms with Gasteiger partial charge in [0.25, 0.3) is 11.6 Å². The van der Waals surface area contributed by atoms with Crippen LogP contribution < -0.4 is 4.74 Å². The average molecular weight is 302 g/mol. The maximum absolute atomic E-state index is 13.1. The van der Waals surface area contributed by atoms with Crippen molar-refractivity contribution in [3.05, 3.63) is 29.8 Å². The Labute approximate surface area is 118 Å². The van der Waals surface area contributed by atoms with Crippen molar-refractivity contribution in [2.45, 2.75) is 25.2 Å². The fourth-order valence-electron chi connectivity index (χ4n) is 2.09. The number of para-hydroxylation sites is 1. The number of hydrogen-bond donors (Lipinski definition) is 1. The van der Waals surface area contributed by atoms with E-state index in [1.807, 2.05) is 0 Å². The number of rotatable bonds is 2. The Hall–Kier alpha value is -2.09. The summed E-state index contributed by atoms with van der Waals surface area (Å²) in [6.07, 6.45) is -5.80. The number of halogens is 3. The minimum absolute atomic E-state index is 0.0121. The predicted octanol–water partition coefficient (Wildman–Crippen LogP) is 2.17. The summed E-state index contributed by atoms with van der Waals surface area (Å²) < 4.78 is 44.2. The van der Waals surface area contributed by atoms with E-state index in [1.165, 1.54) is 32.2 Å². The third kappa shape index (κ3) is 2.46. The van der Waals surface area contributed by atoms with Crippen molar-refractivity contribution in [3.63, 3.8) is 0 Å². The summed E-state index contributed by atoms with van der Waals surface area (Å²) in [5, 5.41) is 13.5. The van der Waals surface area contributed by atoms with Crippen LogP contribution in [-0.4, -0.2) is 40.7 Å². The molecule has 2 rings (SSSR count). The van der Waals surface area contributed by atoms with E-state index in [4.69, 9.17) is 4.74 Å². The van der Waals surface area contributed by atoms with E-state index >= 15 is 0 Å². The van der Waals surface area contributed by atoms with Gasteiger partial charge in [0.1, 0.15) is 5.75 Å². The number of alkyl halides is 3. The monoisotopic (exact) mass is 302 g/mol. The van der Waals surface area contributed by atoms with Crippen molar-refractivity contribution >= 4 is 11.6 Å². The number of nitrogens with zero attached hydrogens (tertiary/aromatic N) is 2. The lowest BCUT2D eigenvalue weighted by Gasteiger charge is -2.32. The van der Waals surface area contributed by atoms with Gasteiger partial charge in [-0.1, -0.05) is 12.1 Å². The molecule has 0 radical (unpaired) electrons. The van der Waals surface area contributed by atoms with Crippen LogP contribution in [0.25, 0.3) is 0 Å². The van der Waals surface area contributed by atoms with Crippen LogP contribution >= 0.6 is 0 Å². The zero-order valence-corrected chi connectivity index (χ0v) is 11.3. The van der Waals surface area contributed by atoms with E-state index in [0.717, 1.165) is 0 Å². The quantitative estimate of drug-likeness (QED) is 0.910. The van der Waals surface area contributed by atoms with Crippen molar-refractivity contribution in [2.75, 3.05) is 7.11 Å². The van der Waals surface area contributed by atoms with Gasteiger partial charge in [-0.3, -0.25) is 4.79 Å². The number of carbonyl (C=O) groups is 1. The Kier molecular flexibility index (Phi) is 3.66. The van der Waals surface area contributed by atoms with Crippen LogP contribution in [0.2, 0.25) is 0 Å². The van der Waals surface area contributed by atoms with Crippen molar-refractivity contribution in [1.82, 2.24) is 5.01 Å². The molecule has 0 aromatic heterocycles. The van der Waals surface area contributed by atoms with Crippen LogP contribution in [0.1, 0.15) is 23.7 Å². The van der Waals surface area contributed by atoms with Crippen molar-refractivity contribution < 1.29 is 27.8 Å². The third-order valence-corrected chi connectivity index (χ3v) is 3.11. The molecule has 1 aromatic rings. The summed E-state index contributed by atoms with van der Waals surface area (Å²) in [5.41, 5.74) is -3.44. The maximum Gasteiger partial charge on any atom is 0.438 e. The molecule has 1 aromatic carbocycles. The van der Waals surface area contributed by atoms with Crippen molar-refractivity contribution in [3.8, 4) is 5.75 Å². The van der Waals surface area contributed by atoms with Crippen LogP contribution in [0.3, 0.4) is 0 Å². The SMILES string of the molecule is COc1ccccc1C(=O)N1N=C(C)C[C@@]1(O)C(F)(F)F. The summed E-state index contributed by atoms with van der Waals surface area (Å²) in [5.74, 6) is -0.976. The van der Waals surface area contributed by atoms with Gasteiger partial charge >= 0.3 is 6.18 Å². The number of hydrazone groups is 1. The second-order valence-corrected chi connectivity index (χ2v) is 4.64. The van der Waals surface area contributed by atoms with Crippen LogP contribution in [0.5, 0.6) is 5.75 Å². The predicted molar refractivity (Wildman–Crippen MR) is 67.9 cm³/mol. The molecule has 1 amide bonds. The molecule has 1 N–H and O–H groups in total. The second kappa shape index (κ2) is 5.03. The lowest BCUT2D eigenvalue weighted by atomic mass is 10.1. The number of hydrogen-bond acceptors (Lipinski definition) is 4. The molecule has 1 atom stereocenters. The van der Waals surface area contributed by atoms with Gasteiger partial charge in [0.15, 0.2) is 0 Å². The third-order valence-electron chi connectivity index (χ3n) is 3.11. The number of ether oxygens (including phenoxy) is 1. The molecule has 0 aliphatic carbocycles. The Morgan fingerprint density at radius 2 is 2.05 bits per heavy atom. The minimum Gasteiger partial charge on any atom is -0.496 e. The molecule has 1 heterocycles. The van der Waals surface area contributed by atoms with Gasteiger partial charge < -0.3 is 9.84 Å². The zero-order chi connectivity index (χ0) is 15.8. The summed E-state index contributed by atoms with van der Waals surface area (Å²) in [4.78, 5) is 12.3. The van der Waals surface area contributed by atoms with Gasteiger partial charge in [0.05, 0.1) is 12.7 Å². The first kappa shape index (κ1) is 15.3. The first-order chi connectivity index (χ1) is 9.70. The smallest absolute Gasteiger partial charge is 0.438 e. The van der Waals surface area contributed by atoms with Gasteiger partial charge in [-0.05, 0) is 19.1 Å². The van der Waals surface area contributed by atoms with Crippen LogP contribution in [-0.2, 0) is 0 Å². The lowest BCUT2D eigenvalue weighted by Crippen LogP contribution is -2.56. The molecule has 0 unspecified atom stereocenters. The second-order valence-electron chi connectivity index (χ2n) is 4.64.